The van der Waals surface area contributed by atoms with E-state index in [1.54, 1.807) is 0 Å². The van der Waals surface area contributed by atoms with Crippen LogP contribution >= 0.6 is 0 Å². The molecule has 0 aliphatic carbocycles. The second-order valence-corrected chi connectivity index (χ2v) is 8.22. The van der Waals surface area contributed by atoms with Gasteiger partial charge >= 0.3 is 0 Å². The molecule has 0 radical (unpaired) electrons. The first-order valence-electron chi connectivity index (χ1n) is 12.1. The summed E-state index contributed by atoms with van der Waals surface area (Å²) >= 11 is 0. The minimum absolute atomic E-state index is 0.909. The lowest BCUT2D eigenvalue weighted by Crippen LogP contribution is -2.23. The highest BCUT2D eigenvalue weighted by atomic mass is 14.8. The average molecular weight is 354 g/mol. The average Bonchev–Trinajstić information content (AvgIpc) is 2.63. The maximum atomic E-state index is 3.69. The monoisotopic (exact) mass is 353 g/mol. The molecule has 0 aromatic rings. The first kappa shape index (κ1) is 25.0. The van der Waals surface area contributed by atoms with Crippen LogP contribution in [0.1, 0.15) is 136 Å². The van der Waals surface area contributed by atoms with Crippen LogP contribution in [0.3, 0.4) is 0 Å². The Bertz CT molecular complexity index is 226. The van der Waals surface area contributed by atoms with Crippen LogP contribution in [-0.2, 0) is 0 Å². The fraction of sp³-hybridized carbons (Fsp3) is 1.00. The molecule has 1 N–H and O–H groups in total. The summed E-state index contributed by atoms with van der Waals surface area (Å²) in [7, 11) is 0. The highest BCUT2D eigenvalue weighted by Gasteiger charge is 2.04. The second kappa shape index (κ2) is 22.0. The van der Waals surface area contributed by atoms with E-state index >= 15 is 0 Å². The Morgan fingerprint density at radius 2 is 0.960 bits per heavy atom. The van der Waals surface area contributed by atoms with Crippen molar-refractivity contribution in [3.8, 4) is 0 Å². The van der Waals surface area contributed by atoms with Gasteiger partial charge in [0.15, 0.2) is 0 Å². The molecule has 1 nitrogen and oxygen atoms in total. The highest BCUT2D eigenvalue weighted by Crippen LogP contribution is 2.13. The zero-order chi connectivity index (χ0) is 18.4. The summed E-state index contributed by atoms with van der Waals surface area (Å²) in [6, 6.07) is 0. The van der Waals surface area contributed by atoms with Gasteiger partial charge in [0.25, 0.3) is 0 Å². The molecular formula is C24H51N. The molecule has 25 heavy (non-hydrogen) atoms. The molecule has 0 aliphatic heterocycles. The fourth-order valence-corrected chi connectivity index (χ4v) is 3.69. The van der Waals surface area contributed by atoms with Gasteiger partial charge in [-0.15, -0.1) is 0 Å². The number of hydrogen-bond donors (Lipinski definition) is 1. The lowest BCUT2D eigenvalue weighted by molar-refractivity contribution is 0.415. The minimum atomic E-state index is 0.909. The third kappa shape index (κ3) is 20.1. The molecule has 0 amide bonds. The van der Waals surface area contributed by atoms with Gasteiger partial charge in [-0.3, -0.25) is 0 Å². The van der Waals surface area contributed by atoms with Crippen molar-refractivity contribution in [2.75, 3.05) is 13.1 Å². The van der Waals surface area contributed by atoms with Gasteiger partial charge in [-0.05, 0) is 31.8 Å². The summed E-state index contributed by atoms with van der Waals surface area (Å²) in [6.07, 6.45) is 25.8. The van der Waals surface area contributed by atoms with E-state index in [1.165, 1.54) is 129 Å². The number of nitrogens with one attached hydrogen (secondary N) is 1. The molecule has 0 saturated heterocycles. The van der Waals surface area contributed by atoms with E-state index in [-0.39, 0.29) is 0 Å². The molecule has 1 atom stereocenters. The van der Waals surface area contributed by atoms with E-state index in [0.29, 0.717) is 0 Å². The van der Waals surface area contributed by atoms with Crippen LogP contribution in [-0.4, -0.2) is 13.1 Å². The highest BCUT2D eigenvalue weighted by molar-refractivity contribution is 4.61. The summed E-state index contributed by atoms with van der Waals surface area (Å²) in [6.45, 7) is 9.42. The number of hydrogen-bond acceptors (Lipinski definition) is 1. The van der Waals surface area contributed by atoms with Gasteiger partial charge in [-0.2, -0.15) is 0 Å². The molecule has 0 saturated carbocycles. The molecule has 1 unspecified atom stereocenters. The Balaban J connectivity index is 3.11. The molecule has 0 fully saturated rings. The van der Waals surface area contributed by atoms with Gasteiger partial charge in [0.05, 0.1) is 0 Å². The molecule has 0 rings (SSSR count). The van der Waals surface area contributed by atoms with Crippen molar-refractivity contribution in [3.05, 3.63) is 0 Å². The summed E-state index contributed by atoms with van der Waals surface area (Å²) in [5.41, 5.74) is 0. The normalized spacial score (nSPS) is 12.6. The van der Waals surface area contributed by atoms with E-state index in [9.17, 15) is 0 Å². The summed E-state index contributed by atoms with van der Waals surface area (Å²) < 4.78 is 0. The van der Waals surface area contributed by atoms with E-state index in [2.05, 4.69) is 26.1 Å². The lowest BCUT2D eigenvalue weighted by atomic mass is 9.99. The van der Waals surface area contributed by atoms with Gasteiger partial charge in [0.1, 0.15) is 0 Å². The van der Waals surface area contributed by atoms with Crippen molar-refractivity contribution in [2.24, 2.45) is 5.92 Å². The van der Waals surface area contributed by atoms with Crippen molar-refractivity contribution in [3.63, 3.8) is 0 Å². The van der Waals surface area contributed by atoms with E-state index in [4.69, 9.17) is 0 Å². The zero-order valence-electron chi connectivity index (χ0n) is 18.2. The SMILES string of the molecule is CCCCCCCCCCCCCCCCNCC(CC)CCCC. The maximum absolute atomic E-state index is 3.69. The van der Waals surface area contributed by atoms with Crippen LogP contribution in [0.2, 0.25) is 0 Å². The van der Waals surface area contributed by atoms with Crippen molar-refractivity contribution in [1.29, 1.82) is 0 Å². The standard InChI is InChI=1S/C24H51N/c1-4-7-9-10-11-12-13-14-15-16-17-18-19-20-22-25-23-24(6-3)21-8-5-2/h24-25H,4-23H2,1-3H3. The van der Waals surface area contributed by atoms with E-state index < -0.39 is 0 Å². The van der Waals surface area contributed by atoms with E-state index in [0.717, 1.165) is 5.92 Å². The van der Waals surface area contributed by atoms with Crippen LogP contribution in [0.4, 0.5) is 0 Å². The maximum Gasteiger partial charge on any atom is -0.00206 e. The molecule has 0 aromatic heterocycles. The smallest absolute Gasteiger partial charge is 0.00206 e. The Labute approximate surface area is 161 Å². The van der Waals surface area contributed by atoms with Gasteiger partial charge in [0, 0.05) is 0 Å². The van der Waals surface area contributed by atoms with Crippen molar-refractivity contribution >= 4 is 0 Å². The third-order valence-corrected chi connectivity index (χ3v) is 5.68. The number of unbranched alkanes of at least 4 members (excludes halogenated alkanes) is 14. The summed E-state index contributed by atoms with van der Waals surface area (Å²) in [5, 5.41) is 3.69. The van der Waals surface area contributed by atoms with Gasteiger partial charge < -0.3 is 5.32 Å². The molecule has 0 spiro atoms. The molecule has 0 aromatic carbocycles. The number of rotatable bonds is 21. The molecule has 152 valence electrons. The van der Waals surface area contributed by atoms with Crippen molar-refractivity contribution < 1.29 is 0 Å². The predicted molar refractivity (Wildman–Crippen MR) is 116 cm³/mol. The van der Waals surface area contributed by atoms with Crippen LogP contribution in [0.5, 0.6) is 0 Å². The third-order valence-electron chi connectivity index (χ3n) is 5.68. The van der Waals surface area contributed by atoms with Gasteiger partial charge in [0.2, 0.25) is 0 Å². The molecule has 0 heterocycles. The Morgan fingerprint density at radius 3 is 1.40 bits per heavy atom. The molecule has 1 heteroatoms. The lowest BCUT2D eigenvalue weighted by Gasteiger charge is -2.15. The summed E-state index contributed by atoms with van der Waals surface area (Å²) in [5.74, 6) is 0.909. The second-order valence-electron chi connectivity index (χ2n) is 8.22. The first-order chi connectivity index (χ1) is 12.3. The Morgan fingerprint density at radius 1 is 0.520 bits per heavy atom. The quantitative estimate of drug-likeness (QED) is 0.205. The van der Waals surface area contributed by atoms with Gasteiger partial charge in [-0.1, -0.05) is 124 Å². The first-order valence-corrected chi connectivity index (χ1v) is 12.1. The van der Waals surface area contributed by atoms with Crippen molar-refractivity contribution in [2.45, 2.75) is 136 Å². The Hall–Kier alpha value is -0.0400. The minimum Gasteiger partial charge on any atom is -0.316 e. The van der Waals surface area contributed by atoms with Crippen LogP contribution in [0.15, 0.2) is 0 Å². The topological polar surface area (TPSA) is 12.0 Å². The summed E-state index contributed by atoms with van der Waals surface area (Å²) in [4.78, 5) is 0. The van der Waals surface area contributed by atoms with E-state index in [1.807, 2.05) is 0 Å². The van der Waals surface area contributed by atoms with Crippen molar-refractivity contribution in [1.82, 2.24) is 5.32 Å². The molecule has 0 aliphatic rings. The van der Waals surface area contributed by atoms with Crippen LogP contribution in [0.25, 0.3) is 0 Å². The van der Waals surface area contributed by atoms with Crippen LogP contribution in [0, 0.1) is 5.92 Å². The van der Waals surface area contributed by atoms with Crippen LogP contribution < -0.4 is 5.32 Å². The Kier molecular flexibility index (Phi) is 22.0. The van der Waals surface area contributed by atoms with Gasteiger partial charge in [-0.25, -0.2) is 0 Å². The predicted octanol–water partition coefficient (Wildman–Crippen LogP) is 8.27. The fourth-order valence-electron chi connectivity index (χ4n) is 3.69. The zero-order valence-corrected chi connectivity index (χ0v) is 18.2. The molecular weight excluding hydrogens is 302 g/mol. The molecule has 0 bridgehead atoms. The largest absolute Gasteiger partial charge is 0.316 e.